The second-order valence-corrected chi connectivity index (χ2v) is 7.25. The molecule has 2 amide bonds. The van der Waals surface area contributed by atoms with Gasteiger partial charge in [-0.1, -0.05) is 68.4 Å². The molecule has 4 nitrogen and oxygen atoms in total. The number of nitrogens with one attached hydrogen (secondary N) is 2. The van der Waals surface area contributed by atoms with E-state index in [4.69, 9.17) is 0 Å². The minimum atomic E-state index is -0.529. The summed E-state index contributed by atoms with van der Waals surface area (Å²) in [6.45, 7) is 3.91. The van der Waals surface area contributed by atoms with Crippen molar-refractivity contribution in [3.05, 3.63) is 71.3 Å². The van der Waals surface area contributed by atoms with Crippen LogP contribution >= 0.6 is 0 Å². The van der Waals surface area contributed by atoms with Crippen LogP contribution in [0.4, 0.5) is 0 Å². The molecule has 2 aromatic carbocycles. The van der Waals surface area contributed by atoms with Gasteiger partial charge in [0.15, 0.2) is 0 Å². The predicted molar refractivity (Wildman–Crippen MR) is 103 cm³/mol. The maximum absolute atomic E-state index is 12.8. The van der Waals surface area contributed by atoms with Crippen LogP contribution in [0.25, 0.3) is 0 Å². The van der Waals surface area contributed by atoms with Crippen molar-refractivity contribution < 1.29 is 9.59 Å². The Morgan fingerprint density at radius 1 is 1.04 bits per heavy atom. The first-order valence-corrected chi connectivity index (χ1v) is 9.26. The van der Waals surface area contributed by atoms with Crippen molar-refractivity contribution in [1.82, 2.24) is 10.6 Å². The molecule has 1 aliphatic rings. The predicted octanol–water partition coefficient (Wildman–Crippen LogP) is 3.17. The third-order valence-electron chi connectivity index (χ3n) is 4.92. The van der Waals surface area contributed by atoms with E-state index in [1.807, 2.05) is 56.3 Å². The van der Waals surface area contributed by atoms with Crippen molar-refractivity contribution in [3.63, 3.8) is 0 Å². The Bertz CT molecular complexity index is 771. The number of hydrogen-bond acceptors (Lipinski definition) is 2. The topological polar surface area (TPSA) is 58.2 Å². The molecule has 3 rings (SSSR count). The van der Waals surface area contributed by atoms with Gasteiger partial charge in [0.2, 0.25) is 11.8 Å². The number of hydrogen-bond donors (Lipinski definition) is 2. The Kier molecular flexibility index (Phi) is 5.71. The lowest BCUT2D eigenvalue weighted by molar-refractivity contribution is -0.130. The first kappa shape index (κ1) is 18.2. The molecule has 1 aliphatic carbocycles. The molecule has 0 fully saturated rings. The van der Waals surface area contributed by atoms with E-state index in [9.17, 15) is 9.59 Å². The van der Waals surface area contributed by atoms with Crippen LogP contribution in [-0.4, -0.2) is 17.9 Å². The van der Waals surface area contributed by atoms with Crippen molar-refractivity contribution in [2.24, 2.45) is 5.92 Å². The molecule has 0 radical (unpaired) electrons. The Hall–Kier alpha value is -2.62. The average Bonchev–Trinajstić information content (AvgIpc) is 3.03. The third kappa shape index (κ3) is 4.31. The van der Waals surface area contributed by atoms with Gasteiger partial charge in [-0.25, -0.2) is 0 Å². The van der Waals surface area contributed by atoms with Crippen LogP contribution < -0.4 is 10.6 Å². The van der Waals surface area contributed by atoms with E-state index in [2.05, 4.69) is 22.8 Å². The summed E-state index contributed by atoms with van der Waals surface area (Å²) in [6, 6.07) is 17.3. The second kappa shape index (κ2) is 8.17. The lowest BCUT2D eigenvalue weighted by Gasteiger charge is -2.24. The fourth-order valence-corrected chi connectivity index (χ4v) is 3.51. The van der Waals surface area contributed by atoms with Crippen LogP contribution in [0.5, 0.6) is 0 Å². The Labute approximate surface area is 155 Å². The normalized spacial score (nSPS) is 16.8. The van der Waals surface area contributed by atoms with Crippen LogP contribution in [0, 0.1) is 5.92 Å². The van der Waals surface area contributed by atoms with Crippen molar-refractivity contribution in [3.8, 4) is 0 Å². The molecule has 0 saturated carbocycles. The van der Waals surface area contributed by atoms with Crippen LogP contribution in [0.3, 0.4) is 0 Å². The molecule has 0 heterocycles. The lowest BCUT2D eigenvalue weighted by atomic mass is 10.0. The summed E-state index contributed by atoms with van der Waals surface area (Å²) in [5.74, 6) is -0.216. The number of amides is 2. The Morgan fingerprint density at radius 2 is 1.73 bits per heavy atom. The number of rotatable bonds is 6. The molecule has 0 aromatic heterocycles. The van der Waals surface area contributed by atoms with Gasteiger partial charge in [0, 0.05) is 0 Å². The molecular formula is C22H26N2O2. The zero-order valence-electron chi connectivity index (χ0n) is 15.4. The van der Waals surface area contributed by atoms with Crippen molar-refractivity contribution in [2.75, 3.05) is 0 Å². The maximum atomic E-state index is 12.8. The fourth-order valence-electron chi connectivity index (χ4n) is 3.51. The van der Waals surface area contributed by atoms with Gasteiger partial charge < -0.3 is 10.6 Å². The molecule has 26 heavy (non-hydrogen) atoms. The van der Waals surface area contributed by atoms with Gasteiger partial charge in [0.25, 0.3) is 0 Å². The highest BCUT2D eigenvalue weighted by Gasteiger charge is 2.29. The van der Waals surface area contributed by atoms with Gasteiger partial charge in [0.1, 0.15) is 6.04 Å². The van der Waals surface area contributed by atoms with E-state index in [-0.39, 0.29) is 30.2 Å². The van der Waals surface area contributed by atoms with Crippen LogP contribution in [0.1, 0.15) is 43.0 Å². The largest absolute Gasteiger partial charge is 0.347 e. The summed E-state index contributed by atoms with van der Waals surface area (Å²) in [5, 5.41) is 6.04. The van der Waals surface area contributed by atoms with Crippen molar-refractivity contribution in [1.29, 1.82) is 0 Å². The molecule has 0 aliphatic heterocycles. The Morgan fingerprint density at radius 3 is 2.46 bits per heavy atom. The number of fused-ring (bicyclic) bond motifs is 1. The van der Waals surface area contributed by atoms with E-state index >= 15 is 0 Å². The van der Waals surface area contributed by atoms with Crippen LogP contribution in [0.2, 0.25) is 0 Å². The van der Waals surface area contributed by atoms with Gasteiger partial charge in [-0.15, -0.1) is 0 Å². The van der Waals surface area contributed by atoms with Crippen molar-refractivity contribution >= 4 is 11.8 Å². The van der Waals surface area contributed by atoms with Gasteiger partial charge >= 0.3 is 0 Å². The summed E-state index contributed by atoms with van der Waals surface area (Å²) in [4.78, 5) is 25.2. The number of benzene rings is 2. The molecule has 2 N–H and O–H groups in total. The molecular weight excluding hydrogens is 324 g/mol. The average molecular weight is 350 g/mol. The highest BCUT2D eigenvalue weighted by Crippen LogP contribution is 2.30. The quantitative estimate of drug-likeness (QED) is 0.841. The standard InChI is InChI=1S/C22H26N2O2/c1-15(2)21(24-20(25)14-16-8-4-3-5-9-16)22(26)23-19-13-12-17-10-6-7-11-18(17)19/h3-11,15,19,21H,12-14H2,1-2H3,(H,23,26)(H,24,25). The SMILES string of the molecule is CC(C)C(NC(=O)Cc1ccccc1)C(=O)NC1CCc2ccccc21. The molecule has 0 saturated heterocycles. The number of carbonyl (C=O) groups is 2. The number of carbonyl (C=O) groups excluding carboxylic acids is 2. The fraction of sp³-hybridized carbons (Fsp3) is 0.364. The highest BCUT2D eigenvalue weighted by atomic mass is 16.2. The summed E-state index contributed by atoms with van der Waals surface area (Å²) >= 11 is 0. The lowest BCUT2D eigenvalue weighted by Crippen LogP contribution is -2.50. The van der Waals surface area contributed by atoms with Gasteiger partial charge in [-0.2, -0.15) is 0 Å². The smallest absolute Gasteiger partial charge is 0.243 e. The molecule has 2 atom stereocenters. The van der Waals surface area contributed by atoms with E-state index in [1.165, 1.54) is 11.1 Å². The van der Waals surface area contributed by atoms with E-state index in [0.29, 0.717) is 0 Å². The third-order valence-corrected chi connectivity index (χ3v) is 4.92. The maximum Gasteiger partial charge on any atom is 0.243 e. The molecule has 0 bridgehead atoms. The summed E-state index contributed by atoms with van der Waals surface area (Å²) in [7, 11) is 0. The van der Waals surface area contributed by atoms with Gasteiger partial charge in [0.05, 0.1) is 12.5 Å². The molecule has 2 aromatic rings. The van der Waals surface area contributed by atoms with Crippen molar-refractivity contribution in [2.45, 2.75) is 45.2 Å². The molecule has 0 spiro atoms. The first-order chi connectivity index (χ1) is 12.5. The molecule has 136 valence electrons. The van der Waals surface area contributed by atoms with E-state index in [1.54, 1.807) is 0 Å². The zero-order valence-corrected chi connectivity index (χ0v) is 15.4. The number of aryl methyl sites for hydroxylation is 1. The first-order valence-electron chi connectivity index (χ1n) is 9.26. The van der Waals surface area contributed by atoms with Crippen LogP contribution in [0.15, 0.2) is 54.6 Å². The molecule has 4 heteroatoms. The van der Waals surface area contributed by atoms with Gasteiger partial charge in [-0.05, 0) is 35.4 Å². The summed E-state index contributed by atoms with van der Waals surface area (Å²) < 4.78 is 0. The monoisotopic (exact) mass is 350 g/mol. The minimum Gasteiger partial charge on any atom is -0.347 e. The van der Waals surface area contributed by atoms with Gasteiger partial charge in [-0.3, -0.25) is 9.59 Å². The van der Waals surface area contributed by atoms with E-state index in [0.717, 1.165) is 18.4 Å². The highest BCUT2D eigenvalue weighted by molar-refractivity contribution is 5.88. The zero-order chi connectivity index (χ0) is 18.5. The molecule has 2 unspecified atom stereocenters. The van der Waals surface area contributed by atoms with Crippen LogP contribution in [-0.2, 0) is 22.4 Å². The minimum absolute atomic E-state index is 0.0198. The second-order valence-electron chi connectivity index (χ2n) is 7.25. The summed E-state index contributed by atoms with van der Waals surface area (Å²) in [6.07, 6.45) is 2.17. The van der Waals surface area contributed by atoms with E-state index < -0.39 is 6.04 Å². The summed E-state index contributed by atoms with van der Waals surface area (Å²) in [5.41, 5.74) is 3.43. The Balaban J connectivity index is 1.62.